The molecular formula is C30H26N2O6. The van der Waals surface area contributed by atoms with E-state index in [0.29, 0.717) is 23.3 Å². The van der Waals surface area contributed by atoms with Gasteiger partial charge in [0.1, 0.15) is 5.75 Å². The van der Waals surface area contributed by atoms with E-state index in [1.807, 2.05) is 30.5 Å². The van der Waals surface area contributed by atoms with E-state index in [0.717, 1.165) is 16.5 Å². The minimum atomic E-state index is -0.864. The molecule has 0 saturated heterocycles. The monoisotopic (exact) mass is 510 g/mol. The van der Waals surface area contributed by atoms with Gasteiger partial charge in [0.25, 0.3) is 5.91 Å². The highest BCUT2D eigenvalue weighted by molar-refractivity contribution is 6.17. The normalized spacial score (nSPS) is 15.3. The van der Waals surface area contributed by atoms with E-state index in [1.165, 1.54) is 19.1 Å². The highest BCUT2D eigenvalue weighted by atomic mass is 16.5. The zero-order chi connectivity index (χ0) is 26.8. The topological polar surface area (TPSA) is 109 Å². The van der Waals surface area contributed by atoms with Crippen LogP contribution in [0.15, 0.2) is 90.3 Å². The highest BCUT2D eigenvalue weighted by Crippen LogP contribution is 2.40. The lowest BCUT2D eigenvalue weighted by molar-refractivity contribution is -0.129. The summed E-state index contributed by atoms with van der Waals surface area (Å²) in [5, 5.41) is 12.1. The van der Waals surface area contributed by atoms with Gasteiger partial charge >= 0.3 is 5.97 Å². The number of hydrogen-bond donors (Lipinski definition) is 2. The van der Waals surface area contributed by atoms with Gasteiger partial charge in [0.2, 0.25) is 0 Å². The van der Waals surface area contributed by atoms with Crippen LogP contribution >= 0.6 is 0 Å². The minimum Gasteiger partial charge on any atom is -0.503 e. The standard InChI is InChI=1S/C30H26N2O6/c1-37-24-10-6-4-8-22(24)27(33)25-26(18-11-13-19(14-12-18)30(36)38-2)32(29(35)28(25)34)16-15-20-17-31-23-9-5-3-7-21(20)23/h3-14,17,26,31,34H,15-16H2,1-2H3. The Kier molecular flexibility index (Phi) is 6.70. The number of nitrogens with zero attached hydrogens (tertiary/aromatic N) is 1. The maximum absolute atomic E-state index is 13.8. The van der Waals surface area contributed by atoms with E-state index in [2.05, 4.69) is 4.98 Å². The van der Waals surface area contributed by atoms with Gasteiger partial charge in [0, 0.05) is 23.6 Å². The largest absolute Gasteiger partial charge is 0.503 e. The third-order valence-electron chi connectivity index (χ3n) is 6.84. The Labute approximate surface area is 219 Å². The molecule has 1 aliphatic heterocycles. The fourth-order valence-electron chi connectivity index (χ4n) is 4.94. The molecule has 0 spiro atoms. The Hall–Kier alpha value is -4.85. The quantitative estimate of drug-likeness (QED) is 0.261. The SMILES string of the molecule is COC(=O)c1ccc(C2C(C(=O)c3ccccc3OC)=C(O)C(=O)N2CCc2c[nH]c3ccccc23)cc1. The number of nitrogens with one attached hydrogen (secondary N) is 1. The molecule has 192 valence electrons. The van der Waals surface area contributed by atoms with Gasteiger partial charge in [-0.25, -0.2) is 4.79 Å². The first-order valence-electron chi connectivity index (χ1n) is 12.1. The van der Waals surface area contributed by atoms with Crippen molar-refractivity contribution in [2.24, 2.45) is 0 Å². The summed E-state index contributed by atoms with van der Waals surface area (Å²) in [6, 6.07) is 20.2. The van der Waals surface area contributed by atoms with Crippen molar-refractivity contribution in [2.45, 2.75) is 12.5 Å². The molecular weight excluding hydrogens is 484 g/mol. The van der Waals surface area contributed by atoms with Gasteiger partial charge in [-0.2, -0.15) is 0 Å². The van der Waals surface area contributed by atoms with Gasteiger partial charge in [0.15, 0.2) is 11.5 Å². The predicted molar refractivity (Wildman–Crippen MR) is 141 cm³/mol. The number of benzene rings is 3. The maximum Gasteiger partial charge on any atom is 0.337 e. The summed E-state index contributed by atoms with van der Waals surface area (Å²) < 4.78 is 10.2. The molecule has 0 fully saturated rings. The molecule has 1 aromatic heterocycles. The molecule has 5 rings (SSSR count). The van der Waals surface area contributed by atoms with Crippen molar-refractivity contribution in [1.29, 1.82) is 0 Å². The average Bonchev–Trinajstić information content (AvgIpc) is 3.49. The van der Waals surface area contributed by atoms with Gasteiger partial charge in [0.05, 0.1) is 37.0 Å². The third-order valence-corrected chi connectivity index (χ3v) is 6.84. The number of aromatic nitrogens is 1. The lowest BCUT2D eigenvalue weighted by atomic mass is 9.91. The number of amides is 1. The summed E-state index contributed by atoms with van der Waals surface area (Å²) in [6.07, 6.45) is 2.40. The number of aliphatic hydroxyl groups excluding tert-OH is 1. The van der Waals surface area contributed by atoms with Crippen molar-refractivity contribution in [2.75, 3.05) is 20.8 Å². The summed E-state index contributed by atoms with van der Waals surface area (Å²) in [7, 11) is 2.75. The van der Waals surface area contributed by atoms with Gasteiger partial charge < -0.3 is 24.5 Å². The summed E-state index contributed by atoms with van der Waals surface area (Å²) in [6.45, 7) is 0.247. The Morgan fingerprint density at radius 3 is 2.42 bits per heavy atom. The van der Waals surface area contributed by atoms with Crippen molar-refractivity contribution in [3.8, 4) is 5.75 Å². The van der Waals surface area contributed by atoms with E-state index in [1.54, 1.807) is 48.5 Å². The molecule has 2 heterocycles. The molecule has 0 bridgehead atoms. The van der Waals surface area contributed by atoms with Crippen molar-refractivity contribution in [3.63, 3.8) is 0 Å². The molecule has 8 nitrogen and oxygen atoms in total. The van der Waals surface area contributed by atoms with E-state index in [-0.39, 0.29) is 17.7 Å². The summed E-state index contributed by atoms with van der Waals surface area (Å²) >= 11 is 0. The molecule has 4 aromatic rings. The Morgan fingerprint density at radius 1 is 0.974 bits per heavy atom. The number of H-pyrrole nitrogens is 1. The van der Waals surface area contributed by atoms with Crippen LogP contribution in [0, 0.1) is 0 Å². The molecule has 38 heavy (non-hydrogen) atoms. The Morgan fingerprint density at radius 2 is 1.68 bits per heavy atom. The number of carbonyl (C=O) groups is 3. The van der Waals surface area contributed by atoms with Gasteiger partial charge in [-0.15, -0.1) is 0 Å². The van der Waals surface area contributed by atoms with Crippen LogP contribution in [-0.4, -0.2) is 53.4 Å². The molecule has 2 N–H and O–H groups in total. The first-order valence-corrected chi connectivity index (χ1v) is 12.1. The molecule has 3 aromatic carbocycles. The fraction of sp³-hybridized carbons (Fsp3) is 0.167. The number of ether oxygens (including phenoxy) is 2. The summed E-state index contributed by atoms with van der Waals surface area (Å²) in [5.74, 6) is -1.90. The van der Waals surface area contributed by atoms with Crippen LogP contribution in [0.25, 0.3) is 10.9 Å². The van der Waals surface area contributed by atoms with Crippen LogP contribution in [0.1, 0.15) is 37.9 Å². The van der Waals surface area contributed by atoms with Crippen LogP contribution < -0.4 is 4.74 Å². The number of Topliss-reactive ketones (excluding diaryl/α,β-unsaturated/α-hetero) is 1. The molecule has 1 unspecified atom stereocenters. The van der Waals surface area contributed by atoms with E-state index in [4.69, 9.17) is 9.47 Å². The second kappa shape index (κ2) is 10.3. The molecule has 8 heteroatoms. The lowest BCUT2D eigenvalue weighted by Crippen LogP contribution is -2.33. The number of aliphatic hydroxyl groups is 1. The van der Waals surface area contributed by atoms with Crippen LogP contribution in [-0.2, 0) is 16.0 Å². The number of carbonyl (C=O) groups excluding carboxylic acids is 3. The second-order valence-corrected chi connectivity index (χ2v) is 8.92. The van der Waals surface area contributed by atoms with Crippen LogP contribution in [0.2, 0.25) is 0 Å². The molecule has 0 aliphatic carbocycles. The van der Waals surface area contributed by atoms with E-state index < -0.39 is 29.5 Å². The third kappa shape index (κ3) is 4.30. The first-order chi connectivity index (χ1) is 18.4. The van der Waals surface area contributed by atoms with Crippen LogP contribution in [0.5, 0.6) is 5.75 Å². The van der Waals surface area contributed by atoms with Crippen molar-refractivity contribution < 1.29 is 29.0 Å². The van der Waals surface area contributed by atoms with Crippen molar-refractivity contribution in [1.82, 2.24) is 9.88 Å². The molecule has 1 amide bonds. The van der Waals surface area contributed by atoms with Gasteiger partial charge in [-0.05, 0) is 47.9 Å². The minimum absolute atomic E-state index is 0.0377. The lowest BCUT2D eigenvalue weighted by Gasteiger charge is -2.27. The summed E-state index contributed by atoms with van der Waals surface area (Å²) in [4.78, 5) is 43.9. The number of rotatable bonds is 8. The van der Waals surface area contributed by atoms with Crippen molar-refractivity contribution in [3.05, 3.63) is 113 Å². The average molecular weight is 511 g/mol. The Bertz CT molecular complexity index is 1570. The number of hydrogen-bond acceptors (Lipinski definition) is 6. The molecule has 1 aliphatic rings. The second-order valence-electron chi connectivity index (χ2n) is 8.92. The number of para-hydroxylation sites is 2. The summed E-state index contributed by atoms with van der Waals surface area (Å²) in [5.41, 5.74) is 3.10. The molecule has 0 saturated carbocycles. The Balaban J connectivity index is 1.54. The smallest absolute Gasteiger partial charge is 0.337 e. The van der Waals surface area contributed by atoms with E-state index in [9.17, 15) is 19.5 Å². The number of fused-ring (bicyclic) bond motifs is 1. The molecule has 1 atom stereocenters. The highest BCUT2D eigenvalue weighted by Gasteiger charge is 2.44. The first kappa shape index (κ1) is 24.8. The predicted octanol–water partition coefficient (Wildman–Crippen LogP) is 4.78. The van der Waals surface area contributed by atoms with Crippen LogP contribution in [0.4, 0.5) is 0 Å². The van der Waals surface area contributed by atoms with E-state index >= 15 is 0 Å². The molecule has 0 radical (unpaired) electrons. The zero-order valence-corrected chi connectivity index (χ0v) is 20.9. The van der Waals surface area contributed by atoms with Crippen LogP contribution in [0.3, 0.4) is 0 Å². The van der Waals surface area contributed by atoms with Crippen molar-refractivity contribution >= 4 is 28.6 Å². The number of methoxy groups -OCH3 is 2. The fourth-order valence-corrected chi connectivity index (χ4v) is 4.94. The maximum atomic E-state index is 13.8. The zero-order valence-electron chi connectivity index (χ0n) is 20.9. The number of aromatic amines is 1. The van der Waals surface area contributed by atoms with Gasteiger partial charge in [-0.1, -0.05) is 42.5 Å². The van der Waals surface area contributed by atoms with Gasteiger partial charge in [-0.3, -0.25) is 9.59 Å². The number of esters is 1. The number of ketones is 1.